The van der Waals surface area contributed by atoms with Crippen molar-refractivity contribution in [3.05, 3.63) is 54.2 Å². The van der Waals surface area contributed by atoms with Gasteiger partial charge in [0.1, 0.15) is 5.69 Å². The summed E-state index contributed by atoms with van der Waals surface area (Å²) in [6.07, 6.45) is 10.8. The minimum Gasteiger partial charge on any atom is -0.347 e. The van der Waals surface area contributed by atoms with E-state index >= 15 is 0 Å². The number of pyridine rings is 1. The topological polar surface area (TPSA) is 62.3 Å². The van der Waals surface area contributed by atoms with Crippen LogP contribution in [0, 0.1) is 28.6 Å². The van der Waals surface area contributed by atoms with Gasteiger partial charge in [0.2, 0.25) is 5.91 Å². The second-order valence-corrected chi connectivity index (χ2v) is 11.7. The molecule has 34 heavy (non-hydrogen) atoms. The molecular weight excluding hydrogens is 422 g/mol. The van der Waals surface area contributed by atoms with Crippen LogP contribution in [-0.2, 0) is 4.79 Å². The number of nitrogens with one attached hydrogen (secondary N) is 1. The Balaban J connectivity index is 1.22. The van der Waals surface area contributed by atoms with Crippen LogP contribution in [0.25, 0.3) is 10.9 Å². The van der Waals surface area contributed by atoms with Crippen LogP contribution < -0.4 is 5.32 Å². The number of carbonyl (C=O) groups is 2. The first-order valence-electron chi connectivity index (χ1n) is 12.9. The Morgan fingerprint density at radius 3 is 2.71 bits per heavy atom. The first kappa shape index (κ1) is 21.8. The third-order valence-corrected chi connectivity index (χ3v) is 10.3. The van der Waals surface area contributed by atoms with Gasteiger partial charge in [0, 0.05) is 29.9 Å². The third kappa shape index (κ3) is 3.08. The quantitative estimate of drug-likeness (QED) is 0.692. The van der Waals surface area contributed by atoms with Crippen LogP contribution in [0.3, 0.4) is 0 Å². The molecule has 178 valence electrons. The van der Waals surface area contributed by atoms with Crippen LogP contribution in [0.5, 0.6) is 0 Å². The van der Waals surface area contributed by atoms with E-state index in [4.69, 9.17) is 0 Å². The number of hydrogen-bond donors (Lipinski definition) is 1. The largest absolute Gasteiger partial charge is 0.347 e. The molecule has 3 fully saturated rings. The maximum Gasteiger partial charge on any atom is 0.270 e. The van der Waals surface area contributed by atoms with E-state index in [1.165, 1.54) is 12.8 Å². The van der Waals surface area contributed by atoms with Gasteiger partial charge in [-0.2, -0.15) is 0 Å². The van der Waals surface area contributed by atoms with Crippen molar-refractivity contribution in [2.75, 3.05) is 7.05 Å². The lowest BCUT2D eigenvalue weighted by atomic mass is 9.48. The highest BCUT2D eigenvalue weighted by Crippen LogP contribution is 2.63. The lowest BCUT2D eigenvalue weighted by Gasteiger charge is -2.60. The Morgan fingerprint density at radius 2 is 1.85 bits per heavy atom. The van der Waals surface area contributed by atoms with Crippen molar-refractivity contribution in [3.8, 4) is 0 Å². The Morgan fingerprint density at radius 1 is 1.03 bits per heavy atom. The van der Waals surface area contributed by atoms with Gasteiger partial charge < -0.3 is 10.2 Å². The summed E-state index contributed by atoms with van der Waals surface area (Å²) in [6.45, 7) is 4.80. The Hall–Kier alpha value is -2.69. The minimum atomic E-state index is -0.0502. The Bertz CT molecular complexity index is 1190. The third-order valence-electron chi connectivity index (χ3n) is 10.3. The number of nitrogens with zero attached hydrogens (tertiary/aromatic N) is 2. The van der Waals surface area contributed by atoms with Gasteiger partial charge in [0.25, 0.3) is 5.91 Å². The predicted molar refractivity (Wildman–Crippen MR) is 133 cm³/mol. The molecule has 0 bridgehead atoms. The highest BCUT2D eigenvalue weighted by molar-refractivity contribution is 5.95. The van der Waals surface area contributed by atoms with Gasteiger partial charge in [-0.3, -0.25) is 9.59 Å². The molecule has 1 aromatic heterocycles. The van der Waals surface area contributed by atoms with Crippen LogP contribution in [0.1, 0.15) is 62.9 Å². The number of benzene rings is 1. The van der Waals surface area contributed by atoms with E-state index < -0.39 is 0 Å². The molecule has 3 saturated carbocycles. The van der Waals surface area contributed by atoms with Crippen molar-refractivity contribution in [1.29, 1.82) is 0 Å². The number of hydrogen-bond acceptors (Lipinski definition) is 3. The van der Waals surface area contributed by atoms with E-state index in [1.54, 1.807) is 6.08 Å². The van der Waals surface area contributed by atoms with Crippen LogP contribution >= 0.6 is 0 Å². The summed E-state index contributed by atoms with van der Waals surface area (Å²) in [7, 11) is 1.98. The van der Waals surface area contributed by atoms with Gasteiger partial charge in [0.15, 0.2) is 0 Å². The molecule has 1 aliphatic heterocycles. The molecule has 2 amide bonds. The van der Waals surface area contributed by atoms with Crippen molar-refractivity contribution in [2.24, 2.45) is 28.6 Å². The van der Waals surface area contributed by atoms with Gasteiger partial charge in [-0.05, 0) is 79.9 Å². The molecule has 3 aliphatic carbocycles. The molecule has 2 heterocycles. The summed E-state index contributed by atoms with van der Waals surface area (Å²) < 4.78 is 0. The van der Waals surface area contributed by atoms with Crippen molar-refractivity contribution in [1.82, 2.24) is 15.2 Å². The number of aromatic nitrogens is 1. The molecular formula is C29H35N3O2. The van der Waals surface area contributed by atoms with Crippen molar-refractivity contribution in [3.63, 3.8) is 0 Å². The number of likely N-dealkylation sites (N-methyl/N-ethyl adjacent to an activating group) is 1. The number of fused-ring (bicyclic) bond motifs is 6. The molecule has 2 aromatic rings. The zero-order valence-electron chi connectivity index (χ0n) is 20.5. The average Bonchev–Trinajstić information content (AvgIpc) is 3.17. The van der Waals surface area contributed by atoms with Gasteiger partial charge in [-0.25, -0.2) is 4.98 Å². The lowest BCUT2D eigenvalue weighted by Crippen LogP contribution is -2.60. The Labute approximate surface area is 202 Å². The number of amides is 2. The monoisotopic (exact) mass is 457 g/mol. The first-order chi connectivity index (χ1) is 16.3. The van der Waals surface area contributed by atoms with E-state index in [0.29, 0.717) is 29.5 Å². The second-order valence-electron chi connectivity index (χ2n) is 11.7. The summed E-state index contributed by atoms with van der Waals surface area (Å²) in [6, 6.07) is 12.3. The highest BCUT2D eigenvalue weighted by Gasteiger charge is 2.60. The molecule has 0 saturated heterocycles. The fourth-order valence-corrected chi connectivity index (χ4v) is 8.40. The minimum absolute atomic E-state index is 0.0502. The molecule has 4 aliphatic rings. The average molecular weight is 458 g/mol. The normalized spacial score (nSPS) is 38.9. The van der Waals surface area contributed by atoms with Crippen LogP contribution in [0.2, 0.25) is 0 Å². The second kappa shape index (κ2) is 7.66. The molecule has 1 N–H and O–H groups in total. The number of carbonyl (C=O) groups excluding carboxylic acids is 2. The standard InChI is InChI=1S/C29H35N3O2/c1-28-16-14-21-19(9-13-25-29(21,2)17-15-26(33)32(25)3)20(28)10-12-24(28)31-27(34)23-11-8-18-6-4-5-7-22(18)30-23/h4-8,11,15,17,19-21,24-25H,9-10,12-14,16H2,1-3H3,(H,31,34)/t19-,20-,21-,24-,25+,28-,29+/m0/s1. The van der Waals surface area contributed by atoms with Gasteiger partial charge in [0.05, 0.1) is 5.52 Å². The molecule has 6 rings (SSSR count). The fourth-order valence-electron chi connectivity index (χ4n) is 8.40. The summed E-state index contributed by atoms with van der Waals surface area (Å²) >= 11 is 0. The van der Waals surface area contributed by atoms with Gasteiger partial charge in [-0.1, -0.05) is 44.2 Å². The smallest absolute Gasteiger partial charge is 0.270 e. The first-order valence-corrected chi connectivity index (χ1v) is 12.9. The number of rotatable bonds is 2. The maximum absolute atomic E-state index is 13.2. The molecule has 1 aromatic carbocycles. The van der Waals surface area contributed by atoms with E-state index in [1.807, 2.05) is 48.3 Å². The zero-order chi connectivity index (χ0) is 23.7. The number of para-hydroxylation sites is 1. The van der Waals surface area contributed by atoms with Crippen LogP contribution in [0.15, 0.2) is 48.6 Å². The summed E-state index contributed by atoms with van der Waals surface area (Å²) in [5, 5.41) is 4.46. The summed E-state index contributed by atoms with van der Waals surface area (Å²) in [5.74, 6) is 1.98. The van der Waals surface area contributed by atoms with Crippen molar-refractivity contribution < 1.29 is 9.59 Å². The molecule has 5 nitrogen and oxygen atoms in total. The molecule has 5 heteroatoms. The van der Waals surface area contributed by atoms with Crippen LogP contribution in [0.4, 0.5) is 0 Å². The van der Waals surface area contributed by atoms with Crippen molar-refractivity contribution >= 4 is 22.7 Å². The van der Waals surface area contributed by atoms with E-state index in [9.17, 15) is 9.59 Å². The van der Waals surface area contributed by atoms with Crippen LogP contribution in [-0.4, -0.2) is 40.8 Å². The zero-order valence-corrected chi connectivity index (χ0v) is 20.5. The maximum atomic E-state index is 13.2. The molecule has 0 unspecified atom stereocenters. The van der Waals surface area contributed by atoms with E-state index in [-0.39, 0.29) is 28.7 Å². The summed E-state index contributed by atoms with van der Waals surface area (Å²) in [4.78, 5) is 32.2. The van der Waals surface area contributed by atoms with E-state index in [2.05, 4.69) is 30.2 Å². The molecule has 0 spiro atoms. The molecule has 7 atom stereocenters. The lowest BCUT2D eigenvalue weighted by molar-refractivity contribution is -0.138. The SMILES string of the molecule is CN1C(=O)C=C[C@]2(C)[C@H]3CC[C@]4(C)[C@@H](NC(=O)c5ccc6ccccc6n5)CC[C@H]4[C@@H]3CC[C@@H]12. The van der Waals surface area contributed by atoms with Gasteiger partial charge >= 0.3 is 0 Å². The van der Waals surface area contributed by atoms with Gasteiger partial charge in [-0.15, -0.1) is 0 Å². The Kier molecular flexibility index (Phi) is 4.91. The van der Waals surface area contributed by atoms with Crippen molar-refractivity contribution in [2.45, 2.75) is 64.5 Å². The highest BCUT2D eigenvalue weighted by atomic mass is 16.2. The van der Waals surface area contributed by atoms with E-state index in [0.717, 1.165) is 36.6 Å². The fraction of sp³-hybridized carbons (Fsp3) is 0.552. The summed E-state index contributed by atoms with van der Waals surface area (Å²) in [5.41, 5.74) is 1.55. The molecule has 0 radical (unpaired) electrons. The predicted octanol–water partition coefficient (Wildman–Crippen LogP) is 4.97.